The SMILES string of the molecule is Cc1cc(Cl)cc(Cl)c1CNC(=O)[C@@H]1C[C@@H](F)CN1C(=O)[C@@H](C)[C@H](Cc1ccccc1)NC(=O)c1cccc(O)c1C. The van der Waals surface area contributed by atoms with Crippen molar-refractivity contribution in [1.29, 1.82) is 0 Å². The minimum absolute atomic E-state index is 0.0126. The van der Waals surface area contributed by atoms with Crippen LogP contribution in [0.25, 0.3) is 0 Å². The molecule has 10 heteroatoms. The molecule has 3 amide bonds. The van der Waals surface area contributed by atoms with Crippen LogP contribution in [0, 0.1) is 19.8 Å². The molecule has 3 aromatic carbocycles. The molecule has 4 rings (SSSR count). The number of nitrogens with zero attached hydrogens (tertiary/aromatic N) is 1. The van der Waals surface area contributed by atoms with Crippen LogP contribution in [0.15, 0.2) is 60.7 Å². The number of carbonyl (C=O) groups is 3. The molecule has 3 aromatic rings. The van der Waals surface area contributed by atoms with Crippen LogP contribution < -0.4 is 10.6 Å². The highest BCUT2D eigenvalue weighted by atomic mass is 35.5. The van der Waals surface area contributed by atoms with E-state index in [9.17, 15) is 23.9 Å². The Morgan fingerprint density at radius 1 is 1.07 bits per heavy atom. The van der Waals surface area contributed by atoms with Crippen LogP contribution >= 0.6 is 23.2 Å². The zero-order valence-electron chi connectivity index (χ0n) is 23.7. The third-order valence-corrected chi connectivity index (χ3v) is 8.37. The van der Waals surface area contributed by atoms with Gasteiger partial charge in [0.25, 0.3) is 5.91 Å². The van der Waals surface area contributed by atoms with Crippen LogP contribution in [0.3, 0.4) is 0 Å². The second-order valence-electron chi connectivity index (χ2n) is 10.7. The molecule has 0 bridgehead atoms. The maximum absolute atomic E-state index is 14.7. The Labute approximate surface area is 255 Å². The van der Waals surface area contributed by atoms with Crippen LogP contribution in [-0.2, 0) is 22.6 Å². The van der Waals surface area contributed by atoms with Gasteiger partial charge >= 0.3 is 0 Å². The topological polar surface area (TPSA) is 98.7 Å². The number of aryl methyl sites for hydroxylation is 1. The molecule has 1 aliphatic heterocycles. The average molecular weight is 615 g/mol. The number of nitrogens with one attached hydrogen (secondary N) is 2. The lowest BCUT2D eigenvalue weighted by Gasteiger charge is -2.31. The number of phenols is 1. The molecular weight excluding hydrogens is 580 g/mol. The maximum atomic E-state index is 14.7. The van der Waals surface area contributed by atoms with Gasteiger partial charge in [-0.2, -0.15) is 0 Å². The zero-order valence-corrected chi connectivity index (χ0v) is 25.2. The van der Waals surface area contributed by atoms with Crippen LogP contribution in [0.5, 0.6) is 5.75 Å². The second-order valence-corrected chi connectivity index (χ2v) is 11.6. The zero-order chi connectivity index (χ0) is 30.6. The van der Waals surface area contributed by atoms with Gasteiger partial charge in [-0.25, -0.2) is 4.39 Å². The summed E-state index contributed by atoms with van der Waals surface area (Å²) in [5.74, 6) is -2.18. The first-order chi connectivity index (χ1) is 20.0. The number of phenolic OH excluding ortho intramolecular Hbond substituents is 1. The largest absolute Gasteiger partial charge is 0.508 e. The summed E-state index contributed by atoms with van der Waals surface area (Å²) in [5.41, 5.74) is 3.07. The molecular formula is C32H34Cl2FN3O4. The Morgan fingerprint density at radius 3 is 2.48 bits per heavy atom. The van der Waals surface area contributed by atoms with Gasteiger partial charge in [-0.15, -0.1) is 0 Å². The fraction of sp³-hybridized carbons (Fsp3) is 0.344. The first-order valence-corrected chi connectivity index (χ1v) is 14.5. The molecule has 1 heterocycles. The number of alkyl halides is 1. The first-order valence-electron chi connectivity index (χ1n) is 13.8. The molecule has 3 N–H and O–H groups in total. The molecule has 0 aliphatic carbocycles. The Balaban J connectivity index is 1.53. The van der Waals surface area contributed by atoms with Crippen molar-refractivity contribution >= 4 is 40.9 Å². The molecule has 0 aromatic heterocycles. The fourth-order valence-corrected chi connectivity index (χ4v) is 5.96. The smallest absolute Gasteiger partial charge is 0.251 e. The van der Waals surface area contributed by atoms with E-state index in [1.54, 1.807) is 38.1 Å². The summed E-state index contributed by atoms with van der Waals surface area (Å²) in [6.45, 7) is 5.01. The monoisotopic (exact) mass is 613 g/mol. The molecule has 7 nitrogen and oxygen atoms in total. The molecule has 4 atom stereocenters. The highest BCUT2D eigenvalue weighted by Gasteiger charge is 2.42. The third-order valence-electron chi connectivity index (χ3n) is 7.82. The number of hydrogen-bond donors (Lipinski definition) is 3. The minimum Gasteiger partial charge on any atom is -0.508 e. The quantitative estimate of drug-likeness (QED) is 0.295. The van der Waals surface area contributed by atoms with E-state index in [-0.39, 0.29) is 30.8 Å². The normalized spacial score (nSPS) is 17.9. The van der Waals surface area contributed by atoms with Crippen molar-refractivity contribution in [3.63, 3.8) is 0 Å². The van der Waals surface area contributed by atoms with Gasteiger partial charge in [0.2, 0.25) is 11.8 Å². The van der Waals surface area contributed by atoms with E-state index in [0.717, 1.165) is 11.1 Å². The van der Waals surface area contributed by atoms with Gasteiger partial charge in [-0.05, 0) is 61.2 Å². The number of halogens is 3. The fourth-order valence-electron chi connectivity index (χ4n) is 5.30. The van der Waals surface area contributed by atoms with E-state index in [1.165, 1.54) is 11.0 Å². The molecule has 1 aliphatic rings. The van der Waals surface area contributed by atoms with Gasteiger partial charge < -0.3 is 20.6 Å². The second kappa shape index (κ2) is 13.6. The summed E-state index contributed by atoms with van der Waals surface area (Å²) in [5, 5.41) is 16.7. The summed E-state index contributed by atoms with van der Waals surface area (Å²) >= 11 is 12.4. The number of benzene rings is 3. The Morgan fingerprint density at radius 2 is 1.79 bits per heavy atom. The highest BCUT2D eigenvalue weighted by Crippen LogP contribution is 2.27. The van der Waals surface area contributed by atoms with E-state index in [2.05, 4.69) is 10.6 Å². The predicted molar refractivity (Wildman–Crippen MR) is 161 cm³/mol. The summed E-state index contributed by atoms with van der Waals surface area (Å²) in [6, 6.07) is 15.7. The summed E-state index contributed by atoms with van der Waals surface area (Å²) in [4.78, 5) is 41.7. The molecule has 0 spiro atoms. The lowest BCUT2D eigenvalue weighted by atomic mass is 9.92. The molecule has 222 valence electrons. The number of likely N-dealkylation sites (tertiary alicyclic amines) is 1. The number of carbonyl (C=O) groups excluding carboxylic acids is 3. The van der Waals surface area contributed by atoms with Crippen LogP contribution in [0.4, 0.5) is 4.39 Å². The van der Waals surface area contributed by atoms with Gasteiger partial charge in [0, 0.05) is 40.2 Å². The van der Waals surface area contributed by atoms with Gasteiger partial charge in [0.1, 0.15) is 18.0 Å². The molecule has 0 radical (unpaired) electrons. The van der Waals surface area contributed by atoms with Crippen molar-refractivity contribution in [3.8, 4) is 5.75 Å². The number of aromatic hydroxyl groups is 1. The van der Waals surface area contributed by atoms with Crippen molar-refractivity contribution in [2.24, 2.45) is 5.92 Å². The molecule has 0 unspecified atom stereocenters. The van der Waals surface area contributed by atoms with Gasteiger partial charge in [0.15, 0.2) is 0 Å². The van der Waals surface area contributed by atoms with Crippen molar-refractivity contribution in [2.45, 2.75) is 58.4 Å². The first kappa shape index (κ1) is 31.3. The van der Waals surface area contributed by atoms with Crippen LogP contribution in [-0.4, -0.2) is 52.5 Å². The van der Waals surface area contributed by atoms with E-state index in [4.69, 9.17) is 23.2 Å². The summed E-state index contributed by atoms with van der Waals surface area (Å²) in [7, 11) is 0. The number of hydrogen-bond acceptors (Lipinski definition) is 4. The molecule has 1 saturated heterocycles. The van der Waals surface area contributed by atoms with Gasteiger partial charge in [-0.3, -0.25) is 14.4 Å². The Hall–Kier alpha value is -3.62. The predicted octanol–water partition coefficient (Wildman–Crippen LogP) is 5.55. The van der Waals surface area contributed by atoms with Crippen LogP contribution in [0.1, 0.15) is 46.0 Å². The molecule has 0 saturated carbocycles. The van der Waals surface area contributed by atoms with Crippen molar-refractivity contribution in [1.82, 2.24) is 15.5 Å². The third kappa shape index (κ3) is 7.23. The Kier molecular flexibility index (Phi) is 10.1. The van der Waals surface area contributed by atoms with Crippen LogP contribution in [0.2, 0.25) is 10.0 Å². The van der Waals surface area contributed by atoms with E-state index in [1.807, 2.05) is 37.3 Å². The molecule has 42 heavy (non-hydrogen) atoms. The van der Waals surface area contributed by atoms with Crippen molar-refractivity contribution in [3.05, 3.63) is 98.5 Å². The van der Waals surface area contributed by atoms with Gasteiger partial charge in [-0.1, -0.05) is 66.5 Å². The van der Waals surface area contributed by atoms with Gasteiger partial charge in [0.05, 0.1) is 12.5 Å². The van der Waals surface area contributed by atoms with E-state index >= 15 is 0 Å². The van der Waals surface area contributed by atoms with Crippen molar-refractivity contribution in [2.75, 3.05) is 6.54 Å². The Bertz CT molecular complexity index is 1450. The standard InChI is InChI=1S/C32H34Cl2FN3O4/c1-18-12-22(33)14-26(34)25(18)16-36-31(41)28-15-23(35)17-38(28)32(42)20(3)27(13-21-8-5-4-6-9-21)37-30(40)24-10-7-11-29(39)19(24)2/h4-12,14,20,23,27-28,39H,13,15-17H2,1-3H3,(H,36,41)(H,37,40)/t20-,23+,27-,28-/m0/s1. The number of rotatable bonds is 9. The summed E-state index contributed by atoms with van der Waals surface area (Å²) < 4.78 is 14.7. The minimum atomic E-state index is -1.37. The average Bonchev–Trinajstić information content (AvgIpc) is 3.34. The highest BCUT2D eigenvalue weighted by molar-refractivity contribution is 6.35. The number of amides is 3. The van der Waals surface area contributed by atoms with E-state index < -0.39 is 41.9 Å². The van der Waals surface area contributed by atoms with E-state index in [0.29, 0.717) is 27.6 Å². The maximum Gasteiger partial charge on any atom is 0.251 e. The summed E-state index contributed by atoms with van der Waals surface area (Å²) in [6.07, 6.45) is -1.17. The van der Waals surface area contributed by atoms with Crippen molar-refractivity contribution < 1.29 is 23.9 Å². The lowest BCUT2D eigenvalue weighted by Crippen LogP contribution is -2.52. The lowest BCUT2D eigenvalue weighted by molar-refractivity contribution is -0.142. The molecule has 1 fully saturated rings.